The highest BCUT2D eigenvalue weighted by atomic mass is 19.1. The van der Waals surface area contributed by atoms with Crippen molar-refractivity contribution in [1.29, 1.82) is 0 Å². The topological polar surface area (TPSA) is 48.1 Å². The van der Waals surface area contributed by atoms with Gasteiger partial charge in [-0.05, 0) is 18.2 Å². The van der Waals surface area contributed by atoms with Crippen LogP contribution in [0.15, 0.2) is 66.7 Å². The summed E-state index contributed by atoms with van der Waals surface area (Å²) in [6, 6.07) is 19.2. The lowest BCUT2D eigenvalue weighted by Crippen LogP contribution is -1.99. The van der Waals surface area contributed by atoms with Gasteiger partial charge in [0.2, 0.25) is 0 Å². The number of rotatable bonds is 2. The Hall–Kier alpha value is -3.21. The molecule has 0 atom stereocenters. The van der Waals surface area contributed by atoms with E-state index in [9.17, 15) is 14.5 Å². The number of hydrogen-bond donors (Lipinski definition) is 0. The molecule has 1 aromatic heterocycles. The van der Waals surface area contributed by atoms with E-state index in [4.69, 9.17) is 0 Å². The molecule has 5 heteroatoms. The number of benzene rings is 3. The Bertz CT molecular complexity index is 1020. The second-order valence-electron chi connectivity index (χ2n) is 5.26. The van der Waals surface area contributed by atoms with Gasteiger partial charge in [0.1, 0.15) is 0 Å². The van der Waals surface area contributed by atoms with E-state index in [0.717, 1.165) is 27.9 Å². The van der Waals surface area contributed by atoms with E-state index in [-0.39, 0.29) is 5.69 Å². The van der Waals surface area contributed by atoms with E-state index in [1.807, 2.05) is 48.5 Å². The molecule has 0 unspecified atom stereocenters. The molecule has 23 heavy (non-hydrogen) atoms. The molecule has 0 fully saturated rings. The van der Waals surface area contributed by atoms with Crippen LogP contribution in [-0.4, -0.2) is 9.49 Å². The minimum absolute atomic E-state index is 0.257. The molecule has 0 saturated carbocycles. The third kappa shape index (κ3) is 1.97. The quantitative estimate of drug-likeness (QED) is 0.393. The van der Waals surface area contributed by atoms with Crippen LogP contribution < -0.4 is 0 Å². The van der Waals surface area contributed by atoms with Gasteiger partial charge in [0.05, 0.1) is 27.7 Å². The highest BCUT2D eigenvalue weighted by molar-refractivity contribution is 6.09. The summed E-state index contributed by atoms with van der Waals surface area (Å²) in [7, 11) is 0. The normalized spacial score (nSPS) is 11.2. The van der Waals surface area contributed by atoms with Crippen molar-refractivity contribution in [3.8, 4) is 5.69 Å². The monoisotopic (exact) mass is 306 g/mol. The highest BCUT2D eigenvalue weighted by Crippen LogP contribution is 2.33. The summed E-state index contributed by atoms with van der Waals surface area (Å²) in [6.07, 6.45) is 0. The summed E-state index contributed by atoms with van der Waals surface area (Å²) in [6.45, 7) is 0. The fraction of sp³-hybridized carbons (Fsp3) is 0. The number of aromatic nitrogens is 1. The van der Waals surface area contributed by atoms with Crippen LogP contribution in [0.25, 0.3) is 27.5 Å². The molecule has 1 heterocycles. The molecule has 0 N–H and O–H groups in total. The molecule has 0 amide bonds. The Morgan fingerprint density at radius 3 is 1.96 bits per heavy atom. The first-order valence-electron chi connectivity index (χ1n) is 7.09. The van der Waals surface area contributed by atoms with Crippen LogP contribution in [-0.2, 0) is 0 Å². The fourth-order valence-electron chi connectivity index (χ4n) is 2.97. The lowest BCUT2D eigenvalue weighted by molar-refractivity contribution is -0.385. The molecule has 4 rings (SSSR count). The minimum atomic E-state index is -0.620. The molecule has 0 aliphatic heterocycles. The first-order valence-corrected chi connectivity index (χ1v) is 7.09. The zero-order chi connectivity index (χ0) is 16.0. The lowest BCUT2D eigenvalue weighted by Gasteiger charge is -2.08. The number of halogens is 1. The molecule has 3 aromatic carbocycles. The van der Waals surface area contributed by atoms with Crippen molar-refractivity contribution in [2.75, 3.05) is 0 Å². The van der Waals surface area contributed by atoms with Crippen LogP contribution in [0.1, 0.15) is 0 Å². The van der Waals surface area contributed by atoms with Gasteiger partial charge < -0.3 is 4.57 Å². The van der Waals surface area contributed by atoms with E-state index in [0.29, 0.717) is 5.69 Å². The number of nitro benzene ring substituents is 1. The fourth-order valence-corrected chi connectivity index (χ4v) is 2.97. The Balaban J connectivity index is 2.10. The summed E-state index contributed by atoms with van der Waals surface area (Å²) in [5.74, 6) is -0.620. The predicted molar refractivity (Wildman–Crippen MR) is 87.4 cm³/mol. The zero-order valence-electron chi connectivity index (χ0n) is 11.9. The van der Waals surface area contributed by atoms with Crippen LogP contribution in [0.2, 0.25) is 0 Å². The average molecular weight is 306 g/mol. The van der Waals surface area contributed by atoms with Crippen molar-refractivity contribution < 1.29 is 9.31 Å². The van der Waals surface area contributed by atoms with Gasteiger partial charge >= 0.3 is 0 Å². The number of nitrogens with zero attached hydrogens (tertiary/aromatic N) is 2. The molecule has 0 aliphatic rings. The van der Waals surface area contributed by atoms with Crippen molar-refractivity contribution in [2.24, 2.45) is 0 Å². The lowest BCUT2D eigenvalue weighted by atomic mass is 10.2. The van der Waals surface area contributed by atoms with E-state index >= 15 is 0 Å². The van der Waals surface area contributed by atoms with Gasteiger partial charge in [-0.15, -0.1) is 0 Å². The number of non-ortho nitro benzene ring substituents is 1. The van der Waals surface area contributed by atoms with Gasteiger partial charge in [-0.2, -0.15) is 0 Å². The third-order valence-corrected chi connectivity index (χ3v) is 3.96. The molecule has 4 aromatic rings. The van der Waals surface area contributed by atoms with Gasteiger partial charge in [0.15, 0.2) is 5.82 Å². The largest absolute Gasteiger partial charge is 0.306 e. The zero-order valence-corrected chi connectivity index (χ0v) is 11.9. The maximum Gasteiger partial charge on any atom is 0.272 e. The van der Waals surface area contributed by atoms with Crippen molar-refractivity contribution >= 4 is 27.5 Å². The first-order chi connectivity index (χ1) is 11.2. The molecule has 4 nitrogen and oxygen atoms in total. The number of para-hydroxylation sites is 2. The van der Waals surface area contributed by atoms with E-state index < -0.39 is 10.7 Å². The molecular formula is C18H11FN2O2. The Kier molecular flexibility index (Phi) is 2.87. The second kappa shape index (κ2) is 4.91. The molecule has 0 saturated heterocycles. The van der Waals surface area contributed by atoms with E-state index in [1.54, 1.807) is 4.57 Å². The standard InChI is InChI=1S/C18H11FN2O2/c19-15-11-12(21(22)23)9-10-18(15)20-16-7-3-1-5-13(16)14-6-2-4-8-17(14)20/h1-11H. The smallest absolute Gasteiger partial charge is 0.272 e. The molecule has 0 aliphatic carbocycles. The van der Waals surface area contributed by atoms with Crippen molar-refractivity contribution in [1.82, 2.24) is 4.57 Å². The van der Waals surface area contributed by atoms with Crippen LogP contribution in [0.5, 0.6) is 0 Å². The average Bonchev–Trinajstić information content (AvgIpc) is 2.89. The van der Waals surface area contributed by atoms with Crippen LogP contribution in [0, 0.1) is 15.9 Å². The molecular weight excluding hydrogens is 295 g/mol. The van der Waals surface area contributed by atoms with Crippen molar-refractivity contribution in [3.63, 3.8) is 0 Å². The highest BCUT2D eigenvalue weighted by Gasteiger charge is 2.16. The minimum Gasteiger partial charge on any atom is -0.306 e. The van der Waals surface area contributed by atoms with E-state index in [1.165, 1.54) is 12.1 Å². The third-order valence-electron chi connectivity index (χ3n) is 3.96. The molecule has 0 bridgehead atoms. The van der Waals surface area contributed by atoms with Crippen LogP contribution >= 0.6 is 0 Å². The SMILES string of the molecule is O=[N+]([O-])c1ccc(-n2c3ccccc3c3ccccc32)c(F)c1. The maximum atomic E-state index is 14.5. The number of nitro groups is 1. The van der Waals surface area contributed by atoms with Gasteiger partial charge in [0.25, 0.3) is 5.69 Å². The van der Waals surface area contributed by atoms with Crippen LogP contribution in [0.4, 0.5) is 10.1 Å². The molecule has 0 radical (unpaired) electrons. The number of hydrogen-bond acceptors (Lipinski definition) is 2. The van der Waals surface area contributed by atoms with Crippen LogP contribution in [0.3, 0.4) is 0 Å². The Morgan fingerprint density at radius 1 is 0.870 bits per heavy atom. The summed E-state index contributed by atoms with van der Waals surface area (Å²) < 4.78 is 16.3. The Morgan fingerprint density at radius 2 is 1.43 bits per heavy atom. The molecule has 112 valence electrons. The maximum absolute atomic E-state index is 14.5. The summed E-state index contributed by atoms with van der Waals surface area (Å²) in [5.41, 5.74) is 1.77. The summed E-state index contributed by atoms with van der Waals surface area (Å²) in [5, 5.41) is 12.8. The Labute approximate surface area is 130 Å². The van der Waals surface area contributed by atoms with Gasteiger partial charge in [-0.25, -0.2) is 4.39 Å². The molecule has 0 spiro atoms. The van der Waals surface area contributed by atoms with E-state index in [2.05, 4.69) is 0 Å². The van der Waals surface area contributed by atoms with Gasteiger partial charge in [-0.1, -0.05) is 36.4 Å². The van der Waals surface area contributed by atoms with Crippen molar-refractivity contribution in [3.05, 3.63) is 82.7 Å². The van der Waals surface area contributed by atoms with Gasteiger partial charge in [-0.3, -0.25) is 10.1 Å². The summed E-state index contributed by atoms with van der Waals surface area (Å²) in [4.78, 5) is 10.2. The predicted octanol–water partition coefficient (Wildman–Crippen LogP) is 4.83. The number of fused-ring (bicyclic) bond motifs is 3. The van der Waals surface area contributed by atoms with Crippen molar-refractivity contribution in [2.45, 2.75) is 0 Å². The summed E-state index contributed by atoms with van der Waals surface area (Å²) >= 11 is 0. The second-order valence-corrected chi connectivity index (χ2v) is 5.26. The first kappa shape index (κ1) is 13.5. The van der Waals surface area contributed by atoms with Gasteiger partial charge in [0, 0.05) is 16.8 Å².